The lowest BCUT2D eigenvalue weighted by atomic mass is 9.57. The Balaban J connectivity index is 1.46. The number of hydrogen-bond acceptors (Lipinski definition) is 3. The number of unbranched alkanes of at least 4 members (excludes halogenated alkanes) is 2. The molecule has 0 aromatic heterocycles. The van der Waals surface area contributed by atoms with Gasteiger partial charge in [0.1, 0.15) is 11.5 Å². The van der Waals surface area contributed by atoms with Crippen LogP contribution in [0.1, 0.15) is 96.0 Å². The largest absolute Gasteiger partial charge is 0.455 e. The van der Waals surface area contributed by atoms with Crippen LogP contribution >= 0.6 is 0 Å². The summed E-state index contributed by atoms with van der Waals surface area (Å²) in [5, 5.41) is 0. The maximum Gasteiger partial charge on any atom is 0.150 e. The Labute approximate surface area is 194 Å². The van der Waals surface area contributed by atoms with E-state index in [9.17, 15) is 0 Å². The second-order valence-corrected chi connectivity index (χ2v) is 10.4. The van der Waals surface area contributed by atoms with E-state index in [0.717, 1.165) is 17.6 Å². The molecule has 3 nitrogen and oxygen atoms in total. The molecule has 2 saturated carbocycles. The summed E-state index contributed by atoms with van der Waals surface area (Å²) < 4.78 is 6.07. The van der Waals surface area contributed by atoms with Gasteiger partial charge in [-0.25, -0.2) is 0 Å². The summed E-state index contributed by atoms with van der Waals surface area (Å²) in [4.78, 5) is 0. The lowest BCUT2D eigenvalue weighted by molar-refractivity contribution is 0.124. The molecule has 0 heterocycles. The molecule has 2 fully saturated rings. The molecular weight excluding hydrogens is 392 g/mol. The molecule has 0 unspecified atom stereocenters. The molecule has 0 aliphatic heterocycles. The summed E-state index contributed by atoms with van der Waals surface area (Å²) in [5.41, 5.74) is 15.0. The second kappa shape index (κ2) is 10.6. The molecular formula is C29H42N2O. The van der Waals surface area contributed by atoms with E-state index in [1.54, 1.807) is 6.07 Å². The van der Waals surface area contributed by atoms with E-state index >= 15 is 0 Å². The van der Waals surface area contributed by atoms with Gasteiger partial charge in [0.15, 0.2) is 0 Å². The molecule has 2 aromatic rings. The van der Waals surface area contributed by atoms with Gasteiger partial charge in [-0.1, -0.05) is 76.8 Å². The Morgan fingerprint density at radius 1 is 0.875 bits per heavy atom. The summed E-state index contributed by atoms with van der Waals surface area (Å²) >= 11 is 0. The lowest BCUT2D eigenvalue weighted by Gasteiger charge is -2.47. The molecule has 2 aliphatic rings. The zero-order valence-corrected chi connectivity index (χ0v) is 20.0. The summed E-state index contributed by atoms with van der Waals surface area (Å²) in [5.74, 6) is 3.32. The van der Waals surface area contributed by atoms with Crippen molar-refractivity contribution in [3.8, 4) is 11.5 Å². The molecule has 4 N–H and O–H groups in total. The van der Waals surface area contributed by atoms with E-state index in [-0.39, 0.29) is 0 Å². The molecule has 0 saturated heterocycles. The average molecular weight is 435 g/mol. The lowest BCUT2D eigenvalue weighted by Crippen LogP contribution is -2.39. The van der Waals surface area contributed by atoms with Gasteiger partial charge in [0, 0.05) is 5.69 Å². The number of hydrogen-bond donors (Lipinski definition) is 2. The average Bonchev–Trinajstić information content (AvgIpc) is 2.82. The standard InChI is InChI=1S/C29H42N2O/c1-2-3-5-8-22-9-11-23(12-10-22)29(19-6-4-7-20-29)24-13-16-26(17-14-24)32-28-18-15-25(30)21-27(28)31/h13-18,21-23H,2-12,19-20,30-31H2,1H3. The summed E-state index contributed by atoms with van der Waals surface area (Å²) in [6.07, 6.45) is 18.2. The SMILES string of the molecule is CCCCCC1CCC(C2(c3ccc(Oc4ccc(N)cc4N)cc3)CCCCC2)CC1. The van der Waals surface area contributed by atoms with E-state index < -0.39 is 0 Å². The zero-order valence-electron chi connectivity index (χ0n) is 20.0. The van der Waals surface area contributed by atoms with Gasteiger partial charge < -0.3 is 16.2 Å². The van der Waals surface area contributed by atoms with Crippen LogP contribution in [0, 0.1) is 11.8 Å². The Bertz CT molecular complexity index is 846. The number of anilines is 2. The molecule has 0 atom stereocenters. The predicted molar refractivity (Wildman–Crippen MR) is 136 cm³/mol. The van der Waals surface area contributed by atoms with Crippen LogP contribution in [0.5, 0.6) is 11.5 Å². The number of nitrogen functional groups attached to an aromatic ring is 2. The van der Waals surface area contributed by atoms with E-state index in [1.807, 2.05) is 12.1 Å². The maximum absolute atomic E-state index is 6.08. The third kappa shape index (κ3) is 5.24. The molecule has 32 heavy (non-hydrogen) atoms. The minimum absolute atomic E-state index is 0.366. The normalized spacial score (nSPS) is 23.0. The fraction of sp³-hybridized carbons (Fsp3) is 0.586. The summed E-state index contributed by atoms with van der Waals surface area (Å²) in [6.45, 7) is 2.31. The number of benzene rings is 2. The van der Waals surface area contributed by atoms with Gasteiger partial charge in [-0.3, -0.25) is 0 Å². The predicted octanol–water partition coefficient (Wildman–Crippen LogP) is 8.23. The van der Waals surface area contributed by atoms with Gasteiger partial charge >= 0.3 is 0 Å². The van der Waals surface area contributed by atoms with Crippen molar-refractivity contribution < 1.29 is 4.74 Å². The van der Waals surface area contributed by atoms with Crippen molar-refractivity contribution in [1.29, 1.82) is 0 Å². The van der Waals surface area contributed by atoms with Crippen molar-refractivity contribution in [2.45, 2.75) is 95.8 Å². The molecule has 4 rings (SSSR count). The first-order valence-corrected chi connectivity index (χ1v) is 13.0. The van der Waals surface area contributed by atoms with E-state index in [4.69, 9.17) is 16.2 Å². The topological polar surface area (TPSA) is 61.3 Å². The molecule has 3 heteroatoms. The van der Waals surface area contributed by atoms with Gasteiger partial charge in [-0.2, -0.15) is 0 Å². The first-order chi connectivity index (χ1) is 15.6. The van der Waals surface area contributed by atoms with Crippen LogP contribution in [-0.4, -0.2) is 0 Å². The third-order valence-corrected chi connectivity index (χ3v) is 8.28. The van der Waals surface area contributed by atoms with E-state index in [2.05, 4.69) is 31.2 Å². The van der Waals surface area contributed by atoms with Gasteiger partial charge in [0.25, 0.3) is 0 Å². The van der Waals surface area contributed by atoms with Crippen LogP contribution in [0.2, 0.25) is 0 Å². The van der Waals surface area contributed by atoms with Crippen LogP contribution < -0.4 is 16.2 Å². The highest BCUT2D eigenvalue weighted by molar-refractivity contribution is 5.61. The van der Waals surface area contributed by atoms with E-state index in [0.29, 0.717) is 22.5 Å². The fourth-order valence-corrected chi connectivity index (χ4v) is 6.44. The highest BCUT2D eigenvalue weighted by Crippen LogP contribution is 2.51. The Morgan fingerprint density at radius 2 is 1.59 bits per heavy atom. The van der Waals surface area contributed by atoms with Crippen LogP contribution in [0.4, 0.5) is 11.4 Å². The summed E-state index contributed by atoms with van der Waals surface area (Å²) in [6, 6.07) is 14.4. The first kappa shape index (κ1) is 23.0. The Kier molecular flexibility index (Phi) is 7.65. The van der Waals surface area contributed by atoms with Gasteiger partial charge in [0.2, 0.25) is 0 Å². The third-order valence-electron chi connectivity index (χ3n) is 8.28. The van der Waals surface area contributed by atoms with Crippen molar-refractivity contribution in [3.63, 3.8) is 0 Å². The fourth-order valence-electron chi connectivity index (χ4n) is 6.44. The number of ether oxygens (including phenoxy) is 1. The van der Waals surface area contributed by atoms with Gasteiger partial charge in [-0.15, -0.1) is 0 Å². The Morgan fingerprint density at radius 3 is 2.25 bits per heavy atom. The monoisotopic (exact) mass is 434 g/mol. The molecule has 0 radical (unpaired) electrons. The van der Waals surface area contributed by atoms with E-state index in [1.165, 1.54) is 89.0 Å². The van der Waals surface area contributed by atoms with Crippen LogP contribution in [0.25, 0.3) is 0 Å². The first-order valence-electron chi connectivity index (χ1n) is 13.0. The molecule has 2 aliphatic carbocycles. The summed E-state index contributed by atoms with van der Waals surface area (Å²) in [7, 11) is 0. The minimum Gasteiger partial charge on any atom is -0.455 e. The Hall–Kier alpha value is -2.16. The highest BCUT2D eigenvalue weighted by atomic mass is 16.5. The molecule has 0 spiro atoms. The van der Waals surface area contributed by atoms with Crippen molar-refractivity contribution >= 4 is 11.4 Å². The number of rotatable bonds is 8. The van der Waals surface area contributed by atoms with Crippen LogP contribution in [0.3, 0.4) is 0 Å². The van der Waals surface area contributed by atoms with Crippen molar-refractivity contribution in [1.82, 2.24) is 0 Å². The zero-order chi connectivity index (χ0) is 22.4. The van der Waals surface area contributed by atoms with Crippen LogP contribution in [0.15, 0.2) is 42.5 Å². The second-order valence-electron chi connectivity index (χ2n) is 10.4. The molecule has 2 aromatic carbocycles. The quantitative estimate of drug-likeness (QED) is 0.325. The van der Waals surface area contributed by atoms with Crippen LogP contribution in [-0.2, 0) is 5.41 Å². The molecule has 174 valence electrons. The molecule has 0 bridgehead atoms. The molecule has 0 amide bonds. The van der Waals surface area contributed by atoms with Gasteiger partial charge in [-0.05, 0) is 78.8 Å². The van der Waals surface area contributed by atoms with Crippen molar-refractivity contribution in [3.05, 3.63) is 48.0 Å². The number of nitrogens with two attached hydrogens (primary N) is 2. The smallest absolute Gasteiger partial charge is 0.150 e. The highest BCUT2D eigenvalue weighted by Gasteiger charge is 2.42. The maximum atomic E-state index is 6.08. The van der Waals surface area contributed by atoms with Crippen molar-refractivity contribution in [2.24, 2.45) is 11.8 Å². The minimum atomic E-state index is 0.366. The van der Waals surface area contributed by atoms with Crippen molar-refractivity contribution in [2.75, 3.05) is 11.5 Å². The van der Waals surface area contributed by atoms with Gasteiger partial charge in [0.05, 0.1) is 5.69 Å².